The second-order valence-corrected chi connectivity index (χ2v) is 2.70. The van der Waals surface area contributed by atoms with Crippen LogP contribution in [0.4, 0.5) is 19.1 Å². The SMILES string of the molecule is Br.Nc1nnc2ccc(C(F)(F)F)cn12. The lowest BCUT2D eigenvalue weighted by molar-refractivity contribution is -0.137. The monoisotopic (exact) mass is 282 g/mol. The summed E-state index contributed by atoms with van der Waals surface area (Å²) in [4.78, 5) is 0. The average Bonchev–Trinajstić information content (AvgIpc) is 2.46. The number of fused-ring (bicyclic) bond motifs is 1. The van der Waals surface area contributed by atoms with E-state index in [0.717, 1.165) is 16.7 Å². The summed E-state index contributed by atoms with van der Waals surface area (Å²) >= 11 is 0. The average molecular weight is 283 g/mol. The normalized spacial score (nSPS) is 11.4. The Morgan fingerprint density at radius 3 is 2.47 bits per heavy atom. The molecular weight excluding hydrogens is 277 g/mol. The lowest BCUT2D eigenvalue weighted by atomic mass is 10.3. The molecule has 0 saturated heterocycles. The van der Waals surface area contributed by atoms with Crippen molar-refractivity contribution in [2.24, 2.45) is 0 Å². The summed E-state index contributed by atoms with van der Waals surface area (Å²) in [5, 5.41) is 7.00. The Hall–Kier alpha value is -1.31. The molecule has 15 heavy (non-hydrogen) atoms. The van der Waals surface area contributed by atoms with Crippen molar-refractivity contribution >= 4 is 28.6 Å². The number of rotatable bonds is 0. The summed E-state index contributed by atoms with van der Waals surface area (Å²) in [5.41, 5.74) is 4.82. The molecule has 0 aromatic carbocycles. The lowest BCUT2D eigenvalue weighted by Crippen LogP contribution is -2.06. The minimum absolute atomic E-state index is 0. The van der Waals surface area contributed by atoms with E-state index < -0.39 is 11.7 Å². The van der Waals surface area contributed by atoms with Crippen LogP contribution in [0.25, 0.3) is 5.65 Å². The minimum atomic E-state index is -4.38. The Labute approximate surface area is 92.7 Å². The number of nitrogens with zero attached hydrogens (tertiary/aromatic N) is 3. The van der Waals surface area contributed by atoms with Crippen LogP contribution in [0.2, 0.25) is 0 Å². The fraction of sp³-hybridized carbons (Fsp3) is 0.143. The van der Waals surface area contributed by atoms with E-state index in [9.17, 15) is 13.2 Å². The highest BCUT2D eigenvalue weighted by atomic mass is 79.9. The Kier molecular flexibility index (Phi) is 2.89. The molecule has 0 saturated carbocycles. The standard InChI is InChI=1S/C7H5F3N4.BrH/c8-7(9,10)4-1-2-5-12-13-6(11)14(5)3-4;/h1-3H,(H2,11,13);1H. The predicted molar refractivity (Wildman–Crippen MR) is 52.7 cm³/mol. The molecule has 4 nitrogen and oxygen atoms in total. The third kappa shape index (κ3) is 2.04. The highest BCUT2D eigenvalue weighted by Crippen LogP contribution is 2.29. The molecule has 82 valence electrons. The number of nitrogen functional groups attached to an aromatic ring is 1. The van der Waals surface area contributed by atoms with Crippen molar-refractivity contribution in [3.05, 3.63) is 23.9 Å². The maximum atomic E-state index is 12.3. The second kappa shape index (κ2) is 3.69. The molecule has 0 radical (unpaired) electrons. The fourth-order valence-electron chi connectivity index (χ4n) is 1.08. The summed E-state index contributed by atoms with van der Waals surface area (Å²) in [6.45, 7) is 0. The second-order valence-electron chi connectivity index (χ2n) is 2.70. The molecule has 0 aliphatic rings. The number of pyridine rings is 1. The number of aromatic nitrogens is 3. The van der Waals surface area contributed by atoms with Crippen LogP contribution < -0.4 is 5.73 Å². The molecule has 2 rings (SSSR count). The largest absolute Gasteiger partial charge is 0.417 e. The van der Waals surface area contributed by atoms with Crippen molar-refractivity contribution < 1.29 is 13.2 Å². The van der Waals surface area contributed by atoms with Gasteiger partial charge in [0.05, 0.1) is 5.56 Å². The van der Waals surface area contributed by atoms with Crippen molar-refractivity contribution in [2.75, 3.05) is 5.73 Å². The highest BCUT2D eigenvalue weighted by molar-refractivity contribution is 8.93. The van der Waals surface area contributed by atoms with Crippen molar-refractivity contribution in [3.8, 4) is 0 Å². The van der Waals surface area contributed by atoms with Gasteiger partial charge in [-0.05, 0) is 12.1 Å². The third-order valence-corrected chi connectivity index (χ3v) is 1.76. The molecule has 0 atom stereocenters. The summed E-state index contributed by atoms with van der Waals surface area (Å²) in [5.74, 6) is -0.0638. The predicted octanol–water partition coefficient (Wildman–Crippen LogP) is 1.91. The maximum absolute atomic E-state index is 12.3. The molecule has 0 spiro atoms. The van der Waals surface area contributed by atoms with Gasteiger partial charge in [-0.1, -0.05) is 0 Å². The number of hydrogen-bond acceptors (Lipinski definition) is 3. The van der Waals surface area contributed by atoms with Gasteiger partial charge < -0.3 is 5.73 Å². The molecule has 0 aliphatic carbocycles. The van der Waals surface area contributed by atoms with Crippen molar-refractivity contribution in [1.82, 2.24) is 14.6 Å². The Morgan fingerprint density at radius 1 is 1.20 bits per heavy atom. The van der Waals surface area contributed by atoms with Crippen molar-refractivity contribution in [3.63, 3.8) is 0 Å². The zero-order valence-corrected chi connectivity index (χ0v) is 8.91. The van der Waals surface area contributed by atoms with Crippen LogP contribution in [0.3, 0.4) is 0 Å². The number of anilines is 1. The first-order valence-corrected chi connectivity index (χ1v) is 3.66. The molecule has 2 aromatic rings. The van der Waals surface area contributed by atoms with E-state index in [0.29, 0.717) is 0 Å². The van der Waals surface area contributed by atoms with Gasteiger partial charge in [0.25, 0.3) is 0 Å². The fourth-order valence-corrected chi connectivity index (χ4v) is 1.08. The number of halogens is 4. The lowest BCUT2D eigenvalue weighted by Gasteiger charge is -2.06. The van der Waals surface area contributed by atoms with Gasteiger partial charge in [0.2, 0.25) is 5.95 Å². The van der Waals surface area contributed by atoms with E-state index in [4.69, 9.17) is 5.73 Å². The van der Waals surface area contributed by atoms with E-state index >= 15 is 0 Å². The molecule has 0 amide bonds. The molecule has 0 bridgehead atoms. The van der Waals surface area contributed by atoms with Crippen LogP contribution >= 0.6 is 17.0 Å². The molecule has 0 unspecified atom stereocenters. The Balaban J connectivity index is 0.00000112. The van der Waals surface area contributed by atoms with Gasteiger partial charge in [-0.3, -0.25) is 4.40 Å². The Morgan fingerprint density at radius 2 is 1.87 bits per heavy atom. The summed E-state index contributed by atoms with van der Waals surface area (Å²) in [6, 6.07) is 2.15. The smallest absolute Gasteiger partial charge is 0.368 e. The zero-order valence-electron chi connectivity index (χ0n) is 7.19. The van der Waals surface area contributed by atoms with Gasteiger partial charge in [-0.15, -0.1) is 27.2 Å². The first-order valence-electron chi connectivity index (χ1n) is 3.66. The number of hydrogen-bond donors (Lipinski definition) is 1. The van der Waals surface area contributed by atoms with E-state index in [2.05, 4.69) is 10.2 Å². The van der Waals surface area contributed by atoms with Crippen LogP contribution in [0.15, 0.2) is 18.3 Å². The molecule has 2 aromatic heterocycles. The molecule has 0 aliphatic heterocycles. The minimum Gasteiger partial charge on any atom is -0.368 e. The highest BCUT2D eigenvalue weighted by Gasteiger charge is 2.31. The molecule has 2 heterocycles. The molecule has 8 heteroatoms. The van der Waals surface area contributed by atoms with Crippen LogP contribution in [0, 0.1) is 0 Å². The Bertz CT molecular complexity index is 479. The first-order chi connectivity index (χ1) is 6.48. The van der Waals surface area contributed by atoms with Crippen LogP contribution in [-0.2, 0) is 6.18 Å². The molecular formula is C7H6BrF3N4. The van der Waals surface area contributed by atoms with E-state index in [-0.39, 0.29) is 28.6 Å². The molecule has 0 fully saturated rings. The van der Waals surface area contributed by atoms with Gasteiger partial charge in [0.1, 0.15) is 0 Å². The van der Waals surface area contributed by atoms with Gasteiger partial charge in [0, 0.05) is 6.20 Å². The van der Waals surface area contributed by atoms with E-state index in [1.54, 1.807) is 0 Å². The first kappa shape index (κ1) is 11.8. The number of alkyl halides is 3. The zero-order chi connectivity index (χ0) is 10.3. The van der Waals surface area contributed by atoms with E-state index in [1.165, 1.54) is 6.07 Å². The summed E-state index contributed by atoms with van der Waals surface area (Å²) < 4.78 is 37.9. The summed E-state index contributed by atoms with van der Waals surface area (Å²) in [6.07, 6.45) is -3.52. The quantitative estimate of drug-likeness (QED) is 0.803. The van der Waals surface area contributed by atoms with Gasteiger partial charge in [0.15, 0.2) is 5.65 Å². The molecule has 2 N–H and O–H groups in total. The topological polar surface area (TPSA) is 56.2 Å². The van der Waals surface area contributed by atoms with Crippen LogP contribution in [-0.4, -0.2) is 14.6 Å². The van der Waals surface area contributed by atoms with E-state index in [1.807, 2.05) is 0 Å². The maximum Gasteiger partial charge on any atom is 0.417 e. The third-order valence-electron chi connectivity index (χ3n) is 1.76. The summed E-state index contributed by atoms with van der Waals surface area (Å²) in [7, 11) is 0. The van der Waals surface area contributed by atoms with Crippen molar-refractivity contribution in [2.45, 2.75) is 6.18 Å². The van der Waals surface area contributed by atoms with Gasteiger partial charge in [-0.2, -0.15) is 13.2 Å². The van der Waals surface area contributed by atoms with Crippen LogP contribution in [0.1, 0.15) is 5.56 Å². The van der Waals surface area contributed by atoms with Gasteiger partial charge in [-0.25, -0.2) is 0 Å². The van der Waals surface area contributed by atoms with Gasteiger partial charge >= 0.3 is 6.18 Å². The van der Waals surface area contributed by atoms with Crippen LogP contribution in [0.5, 0.6) is 0 Å². The van der Waals surface area contributed by atoms with Crippen molar-refractivity contribution in [1.29, 1.82) is 0 Å². The number of nitrogens with two attached hydrogens (primary N) is 1.